The Balaban J connectivity index is 2.75. The molecule has 0 aliphatic heterocycles. The highest BCUT2D eigenvalue weighted by atomic mass is 31.2. The van der Waals surface area contributed by atoms with Gasteiger partial charge >= 0.3 is 7.60 Å². The van der Waals surface area contributed by atoms with Gasteiger partial charge in [0.15, 0.2) is 0 Å². The van der Waals surface area contributed by atoms with Gasteiger partial charge in [-0.1, -0.05) is 12.1 Å². The summed E-state index contributed by atoms with van der Waals surface area (Å²) in [6.45, 7) is 0. The topological polar surface area (TPSA) is 83.6 Å². The van der Waals surface area contributed by atoms with Crippen molar-refractivity contribution in [1.29, 1.82) is 0 Å². The van der Waals surface area contributed by atoms with Crippen LogP contribution in [0.2, 0.25) is 0 Å². The van der Waals surface area contributed by atoms with Crippen LogP contribution in [-0.2, 0) is 11.0 Å². The van der Waals surface area contributed by atoms with Crippen molar-refractivity contribution in [3.63, 3.8) is 0 Å². The van der Waals surface area contributed by atoms with Crippen LogP contribution in [0.15, 0.2) is 24.3 Å². The maximum atomic E-state index is 12.7. The molecule has 0 saturated heterocycles. The summed E-state index contributed by atoms with van der Waals surface area (Å²) < 4.78 is 23.4. The molecule has 0 aliphatic carbocycles. The van der Waals surface area contributed by atoms with Crippen LogP contribution in [-0.4, -0.2) is 15.6 Å². The molecule has 4 nitrogen and oxygen atoms in total. The van der Waals surface area contributed by atoms with Gasteiger partial charge in [0.1, 0.15) is 11.6 Å². The van der Waals surface area contributed by atoms with Crippen molar-refractivity contribution in [2.24, 2.45) is 5.73 Å². The van der Waals surface area contributed by atoms with Crippen LogP contribution in [0.3, 0.4) is 0 Å². The first kappa shape index (κ1) is 11.3. The molecular weight excluding hydrogens is 208 g/mol. The quantitative estimate of drug-likeness (QED) is 0.657. The molecule has 0 aliphatic rings. The van der Waals surface area contributed by atoms with Crippen LogP contribution < -0.4 is 5.73 Å². The first-order chi connectivity index (χ1) is 6.39. The molecule has 1 atom stereocenters. The van der Waals surface area contributed by atoms with Gasteiger partial charge in [-0.05, 0) is 24.1 Å². The molecule has 1 rings (SSSR count). The second-order valence-corrected chi connectivity index (χ2v) is 4.83. The van der Waals surface area contributed by atoms with Gasteiger partial charge in [0, 0.05) is 0 Å². The lowest BCUT2D eigenvalue weighted by atomic mass is 10.1. The molecule has 0 fully saturated rings. The lowest BCUT2D eigenvalue weighted by molar-refractivity contribution is 0.357. The van der Waals surface area contributed by atoms with E-state index in [-0.39, 0.29) is 6.42 Å². The molecule has 1 unspecified atom stereocenters. The lowest BCUT2D eigenvalue weighted by Crippen LogP contribution is -2.22. The monoisotopic (exact) mass is 219 g/mol. The molecule has 0 amide bonds. The van der Waals surface area contributed by atoms with E-state index in [0.29, 0.717) is 5.56 Å². The van der Waals surface area contributed by atoms with Gasteiger partial charge in [0.2, 0.25) is 0 Å². The molecule has 1 aromatic rings. The largest absolute Gasteiger partial charge is 0.342 e. The average molecular weight is 219 g/mol. The lowest BCUT2D eigenvalue weighted by Gasteiger charge is -2.12. The zero-order valence-electron chi connectivity index (χ0n) is 7.30. The molecule has 0 aromatic heterocycles. The van der Waals surface area contributed by atoms with E-state index in [1.54, 1.807) is 6.07 Å². The molecule has 6 heteroatoms. The fraction of sp³-hybridized carbons (Fsp3) is 0.250. The predicted molar refractivity (Wildman–Crippen MR) is 50.1 cm³/mol. The number of benzene rings is 1. The number of nitrogens with two attached hydrogens (primary N) is 1. The number of hydrogen-bond acceptors (Lipinski definition) is 2. The zero-order chi connectivity index (χ0) is 10.8. The van der Waals surface area contributed by atoms with E-state index in [1.165, 1.54) is 18.2 Å². The first-order valence-corrected chi connectivity index (χ1v) is 5.63. The van der Waals surface area contributed by atoms with E-state index in [4.69, 9.17) is 15.5 Å². The van der Waals surface area contributed by atoms with Gasteiger partial charge < -0.3 is 15.5 Å². The minimum absolute atomic E-state index is 0.0396. The van der Waals surface area contributed by atoms with E-state index in [2.05, 4.69) is 0 Å². The van der Waals surface area contributed by atoms with Gasteiger partial charge in [-0.25, -0.2) is 4.39 Å². The van der Waals surface area contributed by atoms with E-state index < -0.39 is 19.2 Å². The molecule has 78 valence electrons. The summed E-state index contributed by atoms with van der Waals surface area (Å²) in [6, 6.07) is 5.50. The second-order valence-electron chi connectivity index (χ2n) is 2.99. The van der Waals surface area contributed by atoms with Crippen molar-refractivity contribution in [3.8, 4) is 0 Å². The highest BCUT2D eigenvalue weighted by Crippen LogP contribution is 2.39. The van der Waals surface area contributed by atoms with Crippen molar-refractivity contribution in [2.45, 2.75) is 12.2 Å². The summed E-state index contributed by atoms with van der Waals surface area (Å²) in [5.41, 5.74) is 5.72. The summed E-state index contributed by atoms with van der Waals surface area (Å²) in [5, 5.41) is 0. The number of rotatable bonds is 3. The van der Waals surface area contributed by atoms with Gasteiger partial charge in [-0.2, -0.15) is 0 Å². The third-order valence-electron chi connectivity index (χ3n) is 1.77. The Kier molecular flexibility index (Phi) is 3.39. The Morgan fingerprint density at radius 3 is 2.64 bits per heavy atom. The maximum absolute atomic E-state index is 12.7. The van der Waals surface area contributed by atoms with Crippen LogP contribution in [0.4, 0.5) is 4.39 Å². The fourth-order valence-electron chi connectivity index (χ4n) is 1.02. The van der Waals surface area contributed by atoms with Crippen molar-refractivity contribution in [3.05, 3.63) is 35.6 Å². The summed E-state index contributed by atoms with van der Waals surface area (Å²) in [5.74, 6) is -1.72. The van der Waals surface area contributed by atoms with Crippen LogP contribution in [0.1, 0.15) is 5.56 Å². The second kappa shape index (κ2) is 4.19. The van der Waals surface area contributed by atoms with Crippen LogP contribution in [0.5, 0.6) is 0 Å². The van der Waals surface area contributed by atoms with Gasteiger partial charge in [0.05, 0.1) is 0 Å². The highest BCUT2D eigenvalue weighted by molar-refractivity contribution is 7.52. The maximum Gasteiger partial charge on any atom is 0.342 e. The highest BCUT2D eigenvalue weighted by Gasteiger charge is 2.24. The summed E-state index contributed by atoms with van der Waals surface area (Å²) in [6.07, 6.45) is -0.0396. The smallest absolute Gasteiger partial charge is 0.323 e. The minimum atomic E-state index is -4.28. The molecule has 1 aromatic carbocycles. The fourth-order valence-corrected chi connectivity index (χ4v) is 1.47. The zero-order valence-corrected chi connectivity index (χ0v) is 8.19. The van der Waals surface area contributed by atoms with Crippen LogP contribution in [0, 0.1) is 5.82 Å². The van der Waals surface area contributed by atoms with Crippen LogP contribution in [0.25, 0.3) is 0 Å². The first-order valence-electron chi connectivity index (χ1n) is 3.95. The normalized spacial score (nSPS) is 14.0. The Morgan fingerprint density at radius 2 is 2.14 bits per heavy atom. The molecule has 4 N–H and O–H groups in total. The van der Waals surface area contributed by atoms with E-state index in [0.717, 1.165) is 0 Å². The Morgan fingerprint density at radius 1 is 1.50 bits per heavy atom. The Hall–Kier alpha value is -0.740. The van der Waals surface area contributed by atoms with Gasteiger partial charge in [-0.3, -0.25) is 4.57 Å². The van der Waals surface area contributed by atoms with Crippen LogP contribution >= 0.6 is 7.60 Å². The summed E-state index contributed by atoms with van der Waals surface area (Å²) in [7, 11) is -4.28. The minimum Gasteiger partial charge on any atom is -0.323 e. The van der Waals surface area contributed by atoms with E-state index in [1.807, 2.05) is 0 Å². The number of halogens is 1. The van der Waals surface area contributed by atoms with Crippen molar-refractivity contribution >= 4 is 7.60 Å². The van der Waals surface area contributed by atoms with E-state index in [9.17, 15) is 8.96 Å². The van der Waals surface area contributed by atoms with Gasteiger partial charge in [-0.15, -0.1) is 0 Å². The molecule has 0 saturated carbocycles. The average Bonchev–Trinajstić information content (AvgIpc) is 2.02. The molecule has 0 bridgehead atoms. The summed E-state index contributed by atoms with van der Waals surface area (Å²) >= 11 is 0. The standard InChI is InChI=1S/C8H11FNO3P/c9-7-3-1-2-6(4-7)5-8(10)14(11,12)13/h1-4,8H,5,10H2,(H2,11,12,13). The molecule has 0 radical (unpaired) electrons. The van der Waals surface area contributed by atoms with Crippen molar-refractivity contribution < 1.29 is 18.7 Å². The summed E-state index contributed by atoms with van der Waals surface area (Å²) in [4.78, 5) is 17.4. The molecule has 0 heterocycles. The SMILES string of the molecule is NC(Cc1cccc(F)c1)P(=O)(O)O. The number of hydrogen-bond donors (Lipinski definition) is 3. The van der Waals surface area contributed by atoms with Crippen molar-refractivity contribution in [2.75, 3.05) is 0 Å². The predicted octanol–water partition coefficient (Wildman–Crippen LogP) is 0.831. The third kappa shape index (κ3) is 3.20. The Labute approximate surface area is 80.7 Å². The molecule has 0 spiro atoms. The van der Waals surface area contributed by atoms with E-state index >= 15 is 0 Å². The van der Waals surface area contributed by atoms with Gasteiger partial charge in [0.25, 0.3) is 0 Å². The molecule has 14 heavy (non-hydrogen) atoms. The third-order valence-corrected chi connectivity index (χ3v) is 2.81. The van der Waals surface area contributed by atoms with Crippen molar-refractivity contribution in [1.82, 2.24) is 0 Å². The molecular formula is C8H11FNO3P. The Bertz CT molecular complexity index is 365.